The van der Waals surface area contributed by atoms with Crippen LogP contribution in [0.2, 0.25) is 0 Å². The SMILES string of the molecule is CCOc1ccc(N2CCC(c3ccc(C(C)C(=O)O)cc3)CC2)cc1. The number of hydrogen-bond donors (Lipinski definition) is 1. The first kappa shape index (κ1) is 18.3. The van der Waals surface area contributed by atoms with Gasteiger partial charge in [0.15, 0.2) is 0 Å². The predicted octanol–water partition coefficient (Wildman–Crippen LogP) is 4.66. The van der Waals surface area contributed by atoms with Gasteiger partial charge in [0.2, 0.25) is 0 Å². The van der Waals surface area contributed by atoms with Crippen molar-refractivity contribution in [3.8, 4) is 5.75 Å². The molecule has 0 aliphatic carbocycles. The normalized spacial score (nSPS) is 16.3. The van der Waals surface area contributed by atoms with Gasteiger partial charge in [0.1, 0.15) is 5.75 Å². The van der Waals surface area contributed by atoms with Crippen LogP contribution in [0, 0.1) is 0 Å². The van der Waals surface area contributed by atoms with E-state index in [1.54, 1.807) is 6.92 Å². The molecule has 0 saturated carbocycles. The summed E-state index contributed by atoms with van der Waals surface area (Å²) in [4.78, 5) is 13.5. The van der Waals surface area contributed by atoms with Gasteiger partial charge in [-0.25, -0.2) is 0 Å². The maximum Gasteiger partial charge on any atom is 0.310 e. The van der Waals surface area contributed by atoms with Crippen molar-refractivity contribution in [2.24, 2.45) is 0 Å². The molecule has 0 radical (unpaired) electrons. The average Bonchev–Trinajstić information content (AvgIpc) is 2.68. The van der Waals surface area contributed by atoms with E-state index >= 15 is 0 Å². The summed E-state index contributed by atoms with van der Waals surface area (Å²) in [5, 5.41) is 9.12. The highest BCUT2D eigenvalue weighted by Gasteiger charge is 2.21. The van der Waals surface area contributed by atoms with E-state index in [0.717, 1.165) is 37.2 Å². The molecule has 1 aliphatic heterocycles. The number of piperidine rings is 1. The van der Waals surface area contributed by atoms with E-state index in [4.69, 9.17) is 9.84 Å². The second kappa shape index (κ2) is 8.26. The number of ether oxygens (including phenoxy) is 1. The van der Waals surface area contributed by atoms with Gasteiger partial charge in [-0.1, -0.05) is 24.3 Å². The number of benzene rings is 2. The van der Waals surface area contributed by atoms with E-state index in [1.165, 1.54) is 11.3 Å². The van der Waals surface area contributed by atoms with Gasteiger partial charge in [-0.05, 0) is 68.0 Å². The number of carbonyl (C=O) groups is 1. The van der Waals surface area contributed by atoms with Gasteiger partial charge < -0.3 is 14.7 Å². The van der Waals surface area contributed by atoms with Crippen molar-refractivity contribution in [1.29, 1.82) is 0 Å². The summed E-state index contributed by atoms with van der Waals surface area (Å²) in [6.45, 7) is 6.48. The molecule has 2 aromatic rings. The van der Waals surface area contributed by atoms with E-state index < -0.39 is 11.9 Å². The molecule has 138 valence electrons. The molecule has 4 nitrogen and oxygen atoms in total. The van der Waals surface area contributed by atoms with Crippen molar-refractivity contribution >= 4 is 11.7 Å². The molecule has 0 bridgehead atoms. The Morgan fingerprint density at radius 2 is 1.73 bits per heavy atom. The minimum atomic E-state index is -0.776. The fourth-order valence-corrected chi connectivity index (χ4v) is 3.59. The molecule has 4 heteroatoms. The third-order valence-electron chi connectivity index (χ3n) is 5.29. The Bertz CT molecular complexity index is 716. The van der Waals surface area contributed by atoms with Crippen molar-refractivity contribution in [3.63, 3.8) is 0 Å². The van der Waals surface area contributed by atoms with Crippen LogP contribution < -0.4 is 9.64 Å². The standard InChI is InChI=1S/C22H27NO3/c1-3-26-21-10-8-20(9-11-21)23-14-12-19(13-15-23)18-6-4-17(5-7-18)16(2)22(24)25/h4-11,16,19H,3,12-15H2,1-2H3,(H,24,25). The third-order valence-corrected chi connectivity index (χ3v) is 5.29. The summed E-state index contributed by atoms with van der Waals surface area (Å²) in [6, 6.07) is 16.5. The fraction of sp³-hybridized carbons (Fsp3) is 0.409. The summed E-state index contributed by atoms with van der Waals surface area (Å²) in [7, 11) is 0. The molecule has 26 heavy (non-hydrogen) atoms. The highest BCUT2D eigenvalue weighted by atomic mass is 16.5. The quantitative estimate of drug-likeness (QED) is 0.821. The van der Waals surface area contributed by atoms with Crippen molar-refractivity contribution in [1.82, 2.24) is 0 Å². The Kier molecular flexibility index (Phi) is 5.82. The lowest BCUT2D eigenvalue weighted by Gasteiger charge is -2.34. The van der Waals surface area contributed by atoms with Gasteiger partial charge in [0.05, 0.1) is 12.5 Å². The predicted molar refractivity (Wildman–Crippen MR) is 104 cm³/mol. The molecule has 0 spiro atoms. The molecule has 1 heterocycles. The van der Waals surface area contributed by atoms with E-state index in [0.29, 0.717) is 12.5 Å². The van der Waals surface area contributed by atoms with Crippen LogP contribution >= 0.6 is 0 Å². The van der Waals surface area contributed by atoms with E-state index in [1.807, 2.05) is 31.2 Å². The Balaban J connectivity index is 1.58. The van der Waals surface area contributed by atoms with Crippen molar-refractivity contribution in [3.05, 3.63) is 59.7 Å². The molecule has 2 aromatic carbocycles. The zero-order valence-corrected chi connectivity index (χ0v) is 15.5. The van der Waals surface area contributed by atoms with Gasteiger partial charge in [-0.2, -0.15) is 0 Å². The van der Waals surface area contributed by atoms with E-state index in [-0.39, 0.29) is 0 Å². The molecule has 1 saturated heterocycles. The van der Waals surface area contributed by atoms with Crippen LogP contribution in [0.1, 0.15) is 49.7 Å². The van der Waals surface area contributed by atoms with Gasteiger partial charge in [0, 0.05) is 18.8 Å². The van der Waals surface area contributed by atoms with Gasteiger partial charge >= 0.3 is 5.97 Å². The smallest absolute Gasteiger partial charge is 0.310 e. The first-order valence-electron chi connectivity index (χ1n) is 9.39. The molecule has 1 N–H and O–H groups in total. The topological polar surface area (TPSA) is 49.8 Å². The highest BCUT2D eigenvalue weighted by molar-refractivity contribution is 5.75. The molecule has 1 aliphatic rings. The number of nitrogens with zero attached hydrogens (tertiary/aromatic N) is 1. The average molecular weight is 353 g/mol. The number of hydrogen-bond acceptors (Lipinski definition) is 3. The number of anilines is 1. The number of aliphatic carboxylic acids is 1. The maximum atomic E-state index is 11.1. The minimum Gasteiger partial charge on any atom is -0.494 e. The Morgan fingerprint density at radius 1 is 1.12 bits per heavy atom. The van der Waals surface area contributed by atoms with Gasteiger partial charge in [-0.15, -0.1) is 0 Å². The lowest BCUT2D eigenvalue weighted by Crippen LogP contribution is -2.32. The Labute approximate surface area is 155 Å². The highest BCUT2D eigenvalue weighted by Crippen LogP contribution is 2.31. The fourth-order valence-electron chi connectivity index (χ4n) is 3.59. The van der Waals surface area contributed by atoms with Crippen LogP contribution in [0.4, 0.5) is 5.69 Å². The van der Waals surface area contributed by atoms with Gasteiger partial charge in [0.25, 0.3) is 0 Å². The zero-order valence-electron chi connectivity index (χ0n) is 15.5. The Morgan fingerprint density at radius 3 is 2.27 bits per heavy atom. The largest absolute Gasteiger partial charge is 0.494 e. The molecule has 1 unspecified atom stereocenters. The number of rotatable bonds is 6. The van der Waals surface area contributed by atoms with Crippen LogP contribution in [0.5, 0.6) is 5.75 Å². The zero-order chi connectivity index (χ0) is 18.5. The lowest BCUT2D eigenvalue weighted by molar-refractivity contribution is -0.138. The molecule has 1 atom stereocenters. The summed E-state index contributed by atoms with van der Waals surface area (Å²) < 4.78 is 5.51. The number of carboxylic acid groups (broad SMARTS) is 1. The van der Waals surface area contributed by atoms with Crippen LogP contribution in [-0.2, 0) is 4.79 Å². The van der Waals surface area contributed by atoms with Crippen LogP contribution in [0.3, 0.4) is 0 Å². The molecule has 0 amide bonds. The molecule has 0 aromatic heterocycles. The van der Waals surface area contributed by atoms with Crippen molar-refractivity contribution in [2.45, 2.75) is 38.5 Å². The maximum absolute atomic E-state index is 11.1. The summed E-state index contributed by atoms with van der Waals surface area (Å²) in [6.07, 6.45) is 2.22. The number of carboxylic acids is 1. The first-order valence-corrected chi connectivity index (χ1v) is 9.39. The lowest BCUT2D eigenvalue weighted by atomic mass is 9.88. The molecule has 3 rings (SSSR count). The second-order valence-corrected chi connectivity index (χ2v) is 6.91. The van der Waals surface area contributed by atoms with Gasteiger partial charge in [-0.3, -0.25) is 4.79 Å². The van der Waals surface area contributed by atoms with Crippen molar-refractivity contribution < 1.29 is 14.6 Å². The summed E-state index contributed by atoms with van der Waals surface area (Å²) in [5.74, 6) is 0.233. The summed E-state index contributed by atoms with van der Waals surface area (Å²) in [5.41, 5.74) is 3.43. The van der Waals surface area contributed by atoms with Crippen LogP contribution in [0.15, 0.2) is 48.5 Å². The molecular formula is C22H27NO3. The second-order valence-electron chi connectivity index (χ2n) is 6.91. The Hall–Kier alpha value is -2.49. The van der Waals surface area contributed by atoms with Crippen molar-refractivity contribution in [2.75, 3.05) is 24.6 Å². The first-order chi connectivity index (χ1) is 12.6. The monoisotopic (exact) mass is 353 g/mol. The van der Waals surface area contributed by atoms with Crippen LogP contribution in [0.25, 0.3) is 0 Å². The third kappa shape index (κ3) is 4.18. The summed E-state index contributed by atoms with van der Waals surface area (Å²) >= 11 is 0. The molecular weight excluding hydrogens is 326 g/mol. The minimum absolute atomic E-state index is 0.453. The van der Waals surface area contributed by atoms with E-state index in [9.17, 15) is 4.79 Å². The van der Waals surface area contributed by atoms with Crippen LogP contribution in [-0.4, -0.2) is 30.8 Å². The van der Waals surface area contributed by atoms with E-state index in [2.05, 4.69) is 29.2 Å². The molecule has 1 fully saturated rings.